The number of hydrogen-bond donors (Lipinski definition) is 2. The van der Waals surface area contributed by atoms with E-state index in [-0.39, 0.29) is 0 Å². The molecule has 0 spiro atoms. The Balaban J connectivity index is 1.96. The number of aryl methyl sites for hydroxylation is 1. The highest BCUT2D eigenvalue weighted by Crippen LogP contribution is 2.31. The molecule has 7 heteroatoms. The molecule has 3 N–H and O–H groups in total. The summed E-state index contributed by atoms with van der Waals surface area (Å²) in [6.45, 7) is 3.75. The van der Waals surface area contributed by atoms with Crippen LogP contribution in [-0.2, 0) is 0 Å². The molecule has 0 radical (unpaired) electrons. The van der Waals surface area contributed by atoms with Crippen LogP contribution in [0.5, 0.6) is 0 Å². The fourth-order valence-corrected chi connectivity index (χ4v) is 2.39. The lowest BCUT2D eigenvalue weighted by atomic mass is 10.0. The molecule has 0 unspecified atom stereocenters. The topological polar surface area (TPSA) is 89.6 Å². The second kappa shape index (κ2) is 6.18. The third kappa shape index (κ3) is 3.22. The van der Waals surface area contributed by atoms with Crippen LogP contribution in [0.1, 0.15) is 11.4 Å². The maximum absolute atomic E-state index is 5.96. The van der Waals surface area contributed by atoms with Crippen LogP contribution in [0.4, 0.5) is 17.3 Å². The van der Waals surface area contributed by atoms with E-state index in [0.717, 1.165) is 16.7 Å². The van der Waals surface area contributed by atoms with Gasteiger partial charge in [-0.2, -0.15) is 0 Å². The number of rotatable bonds is 3. The van der Waals surface area contributed by atoms with Gasteiger partial charge in [0, 0.05) is 24.2 Å². The van der Waals surface area contributed by atoms with Crippen LogP contribution in [0.25, 0.3) is 11.1 Å². The average molecular weight is 327 g/mol. The Kier molecular flexibility index (Phi) is 4.08. The van der Waals surface area contributed by atoms with E-state index in [1.807, 2.05) is 26.0 Å². The summed E-state index contributed by atoms with van der Waals surface area (Å²) in [6, 6.07) is 5.59. The minimum absolute atomic E-state index is 0.315. The summed E-state index contributed by atoms with van der Waals surface area (Å²) in [7, 11) is 0. The number of nitrogens with two attached hydrogens (primary N) is 1. The maximum atomic E-state index is 5.96. The standard InChI is InChI=1S/C16H15ClN6/c1-9-12(8-21-16(17)15(9)18)11-3-5-20-14(7-11)23-13-4-6-19-10(2)22-13/h3-8H,18H2,1-2H3,(H,19,20,22,23). The number of nitrogens with zero attached hydrogens (tertiary/aromatic N) is 4. The van der Waals surface area contributed by atoms with Crippen molar-refractivity contribution in [3.8, 4) is 11.1 Å². The van der Waals surface area contributed by atoms with Gasteiger partial charge in [-0.3, -0.25) is 0 Å². The first-order valence-electron chi connectivity index (χ1n) is 6.98. The average Bonchev–Trinajstić information content (AvgIpc) is 2.53. The first-order valence-corrected chi connectivity index (χ1v) is 7.36. The molecule has 0 atom stereocenters. The number of hydrogen-bond acceptors (Lipinski definition) is 6. The number of pyridine rings is 2. The number of nitrogen functional groups attached to an aromatic ring is 1. The van der Waals surface area contributed by atoms with Gasteiger partial charge in [-0.05, 0) is 43.2 Å². The fraction of sp³-hybridized carbons (Fsp3) is 0.125. The zero-order valence-electron chi connectivity index (χ0n) is 12.7. The van der Waals surface area contributed by atoms with Gasteiger partial charge in [-0.1, -0.05) is 11.6 Å². The molecule has 0 aliphatic heterocycles. The molecule has 0 amide bonds. The zero-order chi connectivity index (χ0) is 16.4. The number of aromatic nitrogens is 4. The second-order valence-electron chi connectivity index (χ2n) is 5.05. The molecule has 0 aliphatic carbocycles. The molecule has 23 heavy (non-hydrogen) atoms. The van der Waals surface area contributed by atoms with Crippen LogP contribution in [0.15, 0.2) is 36.8 Å². The molecule has 3 aromatic heterocycles. The molecule has 0 fully saturated rings. The van der Waals surface area contributed by atoms with E-state index in [2.05, 4.69) is 25.3 Å². The molecular formula is C16H15ClN6. The maximum Gasteiger partial charge on any atom is 0.152 e. The molecule has 3 heterocycles. The minimum atomic E-state index is 0.315. The lowest BCUT2D eigenvalue weighted by Crippen LogP contribution is -1.99. The van der Waals surface area contributed by atoms with Crippen molar-refractivity contribution in [3.63, 3.8) is 0 Å². The Morgan fingerprint density at radius 3 is 2.61 bits per heavy atom. The third-order valence-electron chi connectivity index (χ3n) is 3.44. The van der Waals surface area contributed by atoms with E-state index in [1.165, 1.54) is 0 Å². The minimum Gasteiger partial charge on any atom is -0.396 e. The number of anilines is 3. The Morgan fingerprint density at radius 1 is 1.04 bits per heavy atom. The summed E-state index contributed by atoms with van der Waals surface area (Å²) in [4.78, 5) is 16.8. The molecule has 0 saturated heterocycles. The van der Waals surface area contributed by atoms with Crippen molar-refractivity contribution in [2.24, 2.45) is 0 Å². The van der Waals surface area contributed by atoms with Crippen LogP contribution in [-0.4, -0.2) is 19.9 Å². The summed E-state index contributed by atoms with van der Waals surface area (Å²) in [6.07, 6.45) is 5.13. The Labute approximate surface area is 138 Å². The monoisotopic (exact) mass is 326 g/mol. The quantitative estimate of drug-likeness (QED) is 0.716. The van der Waals surface area contributed by atoms with Crippen molar-refractivity contribution < 1.29 is 0 Å². The van der Waals surface area contributed by atoms with E-state index < -0.39 is 0 Å². The van der Waals surface area contributed by atoms with Crippen molar-refractivity contribution in [2.45, 2.75) is 13.8 Å². The highest BCUT2D eigenvalue weighted by molar-refractivity contribution is 6.32. The van der Waals surface area contributed by atoms with E-state index >= 15 is 0 Å². The van der Waals surface area contributed by atoms with E-state index in [9.17, 15) is 0 Å². The van der Waals surface area contributed by atoms with Crippen LogP contribution in [0.3, 0.4) is 0 Å². The van der Waals surface area contributed by atoms with Gasteiger partial charge in [0.15, 0.2) is 5.15 Å². The third-order valence-corrected chi connectivity index (χ3v) is 3.74. The van der Waals surface area contributed by atoms with Crippen molar-refractivity contribution >= 4 is 28.9 Å². The van der Waals surface area contributed by atoms with Crippen LogP contribution in [0, 0.1) is 13.8 Å². The summed E-state index contributed by atoms with van der Waals surface area (Å²) in [5.74, 6) is 2.05. The van der Waals surface area contributed by atoms with E-state index in [1.54, 1.807) is 24.7 Å². The lowest BCUT2D eigenvalue weighted by molar-refractivity contribution is 1.05. The van der Waals surface area contributed by atoms with Crippen molar-refractivity contribution in [1.82, 2.24) is 19.9 Å². The van der Waals surface area contributed by atoms with Gasteiger partial charge in [0.1, 0.15) is 17.5 Å². The first kappa shape index (κ1) is 15.2. The predicted octanol–water partition coefficient (Wildman–Crippen LogP) is 3.53. The fourth-order valence-electron chi connectivity index (χ4n) is 2.20. The van der Waals surface area contributed by atoms with Crippen molar-refractivity contribution in [2.75, 3.05) is 11.1 Å². The van der Waals surface area contributed by atoms with Crippen LogP contribution < -0.4 is 11.1 Å². The normalized spacial score (nSPS) is 10.6. The SMILES string of the molecule is Cc1nccc(Nc2cc(-c3cnc(Cl)c(N)c3C)ccn2)n1. The smallest absolute Gasteiger partial charge is 0.152 e. The molecule has 0 bridgehead atoms. The molecule has 0 aromatic carbocycles. The molecule has 0 saturated carbocycles. The van der Waals surface area contributed by atoms with Gasteiger partial charge in [-0.15, -0.1) is 0 Å². The Bertz CT molecular complexity index is 865. The van der Waals surface area contributed by atoms with E-state index in [4.69, 9.17) is 17.3 Å². The van der Waals surface area contributed by atoms with E-state index in [0.29, 0.717) is 28.3 Å². The largest absolute Gasteiger partial charge is 0.396 e. The van der Waals surface area contributed by atoms with Gasteiger partial charge in [0.25, 0.3) is 0 Å². The van der Waals surface area contributed by atoms with Gasteiger partial charge in [0.2, 0.25) is 0 Å². The Hall–Kier alpha value is -2.73. The Morgan fingerprint density at radius 2 is 1.83 bits per heavy atom. The first-order chi connectivity index (χ1) is 11.0. The molecule has 116 valence electrons. The summed E-state index contributed by atoms with van der Waals surface area (Å²) in [5, 5.41) is 3.48. The molecule has 0 aliphatic rings. The molecule has 6 nitrogen and oxygen atoms in total. The zero-order valence-corrected chi connectivity index (χ0v) is 13.5. The lowest BCUT2D eigenvalue weighted by Gasteiger charge is -2.11. The summed E-state index contributed by atoms with van der Waals surface area (Å²) in [5.41, 5.74) is 9.19. The molecule has 3 aromatic rings. The second-order valence-corrected chi connectivity index (χ2v) is 5.40. The summed E-state index contributed by atoms with van der Waals surface area (Å²) >= 11 is 5.95. The van der Waals surface area contributed by atoms with Crippen molar-refractivity contribution in [1.29, 1.82) is 0 Å². The molecular weight excluding hydrogens is 312 g/mol. The highest BCUT2D eigenvalue weighted by Gasteiger charge is 2.10. The van der Waals surface area contributed by atoms with Crippen molar-refractivity contribution in [3.05, 3.63) is 53.3 Å². The van der Waals surface area contributed by atoms with Gasteiger partial charge in [-0.25, -0.2) is 19.9 Å². The van der Waals surface area contributed by atoms with Crippen LogP contribution >= 0.6 is 11.6 Å². The molecule has 3 rings (SSSR count). The number of nitrogens with one attached hydrogen (secondary N) is 1. The highest BCUT2D eigenvalue weighted by atomic mass is 35.5. The van der Waals surface area contributed by atoms with Gasteiger partial charge in [0.05, 0.1) is 5.69 Å². The number of halogens is 1. The summed E-state index contributed by atoms with van der Waals surface area (Å²) < 4.78 is 0. The van der Waals surface area contributed by atoms with Crippen LogP contribution in [0.2, 0.25) is 5.15 Å². The van der Waals surface area contributed by atoms with Gasteiger partial charge >= 0.3 is 0 Å². The van der Waals surface area contributed by atoms with Gasteiger partial charge < -0.3 is 11.1 Å². The predicted molar refractivity (Wildman–Crippen MR) is 91.7 cm³/mol.